The molecule has 0 spiro atoms. The van der Waals surface area contributed by atoms with E-state index in [1.165, 1.54) is 12.5 Å². The summed E-state index contributed by atoms with van der Waals surface area (Å²) in [6, 6.07) is 0. The van der Waals surface area contributed by atoms with E-state index in [0.717, 1.165) is 17.1 Å². The van der Waals surface area contributed by atoms with Crippen molar-refractivity contribution in [3.63, 3.8) is 0 Å². The summed E-state index contributed by atoms with van der Waals surface area (Å²) >= 11 is 0. The van der Waals surface area contributed by atoms with E-state index >= 15 is 0 Å². The summed E-state index contributed by atoms with van der Waals surface area (Å²) in [6.45, 7) is 7.45. The Morgan fingerprint density at radius 3 is 2.67 bits per heavy atom. The van der Waals surface area contributed by atoms with Crippen LogP contribution in [0.1, 0.15) is 13.8 Å². The predicted octanol–water partition coefficient (Wildman–Crippen LogP) is 2.87. The van der Waals surface area contributed by atoms with Crippen molar-refractivity contribution >= 4 is 0 Å². The lowest BCUT2D eigenvalue weighted by Gasteiger charge is -2.11. The zero-order valence-electron chi connectivity index (χ0n) is 7.33. The van der Waals surface area contributed by atoms with Crippen LogP contribution in [0.25, 0.3) is 0 Å². The Labute approximate surface area is 72.5 Å². The van der Waals surface area contributed by atoms with Gasteiger partial charge in [0.2, 0.25) is 0 Å². The first kappa shape index (κ1) is 8.65. The van der Waals surface area contributed by atoms with E-state index in [0.29, 0.717) is 0 Å². The molecule has 1 aliphatic heterocycles. The molecule has 0 saturated heterocycles. The van der Waals surface area contributed by atoms with Gasteiger partial charge in [-0.05, 0) is 25.5 Å². The van der Waals surface area contributed by atoms with Crippen LogP contribution in [0.5, 0.6) is 0 Å². The molecule has 64 valence electrons. The van der Waals surface area contributed by atoms with Crippen molar-refractivity contribution in [2.45, 2.75) is 13.8 Å². The molecule has 0 atom stereocenters. The molecule has 12 heavy (non-hydrogen) atoms. The van der Waals surface area contributed by atoms with Crippen LogP contribution in [-0.4, -0.2) is 0 Å². The minimum Gasteiger partial charge on any atom is -0.463 e. The minimum atomic E-state index is 0.731. The summed E-state index contributed by atoms with van der Waals surface area (Å²) in [4.78, 5) is 0. The number of ether oxygens (including phenoxy) is 2. The number of hydrogen-bond acceptors (Lipinski definition) is 2. The third-order valence-electron chi connectivity index (χ3n) is 1.52. The second-order valence-electron chi connectivity index (χ2n) is 2.52. The fraction of sp³-hybridized carbons (Fsp3) is 0.200. The second kappa shape index (κ2) is 3.81. The quantitative estimate of drug-likeness (QED) is 0.584. The van der Waals surface area contributed by atoms with E-state index < -0.39 is 0 Å². The Hall–Kier alpha value is -1.44. The van der Waals surface area contributed by atoms with Crippen LogP contribution in [0.4, 0.5) is 0 Å². The highest BCUT2D eigenvalue weighted by molar-refractivity contribution is 5.26. The maximum absolute atomic E-state index is 5.21. The zero-order chi connectivity index (χ0) is 8.97. The van der Waals surface area contributed by atoms with Gasteiger partial charge in [-0.25, -0.2) is 0 Å². The summed E-state index contributed by atoms with van der Waals surface area (Å²) in [5.74, 6) is 1.49. The molecular formula is C10H12O2. The molecule has 0 aromatic heterocycles. The average Bonchev–Trinajstić information content (AvgIpc) is 2.09. The molecule has 0 N–H and O–H groups in total. The molecule has 0 amide bonds. The molecule has 1 rings (SSSR count). The summed E-state index contributed by atoms with van der Waals surface area (Å²) < 4.78 is 10.3. The van der Waals surface area contributed by atoms with Crippen molar-refractivity contribution in [1.29, 1.82) is 0 Å². The van der Waals surface area contributed by atoms with Crippen molar-refractivity contribution in [3.8, 4) is 0 Å². The average molecular weight is 164 g/mol. The molecule has 1 heterocycles. The van der Waals surface area contributed by atoms with Crippen LogP contribution in [-0.2, 0) is 9.47 Å². The predicted molar refractivity (Wildman–Crippen MR) is 48.0 cm³/mol. The first-order valence-corrected chi connectivity index (χ1v) is 3.74. The minimum absolute atomic E-state index is 0.731. The molecule has 0 radical (unpaired) electrons. The molecule has 2 heteroatoms. The molecular weight excluding hydrogens is 152 g/mol. The lowest BCUT2D eigenvalue weighted by atomic mass is 10.2. The summed E-state index contributed by atoms with van der Waals surface area (Å²) in [7, 11) is 0. The van der Waals surface area contributed by atoms with Gasteiger partial charge in [0.1, 0.15) is 18.3 Å². The first-order valence-electron chi connectivity index (χ1n) is 3.74. The number of allylic oxidation sites excluding steroid dienone is 4. The van der Waals surface area contributed by atoms with Gasteiger partial charge in [0, 0.05) is 0 Å². The second-order valence-corrected chi connectivity index (χ2v) is 2.52. The Bertz CT molecular complexity index is 270. The van der Waals surface area contributed by atoms with Crippen LogP contribution in [0.3, 0.4) is 0 Å². The summed E-state index contributed by atoms with van der Waals surface area (Å²) in [6.07, 6.45) is 6.67. The Balaban J connectivity index is 2.80. The fourth-order valence-corrected chi connectivity index (χ4v) is 0.773. The smallest absolute Gasteiger partial charge is 0.164 e. The van der Waals surface area contributed by atoms with E-state index in [1.807, 2.05) is 19.9 Å². The van der Waals surface area contributed by atoms with E-state index in [2.05, 4.69) is 6.58 Å². The molecule has 0 aliphatic carbocycles. The number of rotatable bonds is 2. The topological polar surface area (TPSA) is 18.5 Å². The maximum Gasteiger partial charge on any atom is 0.164 e. The summed E-state index contributed by atoms with van der Waals surface area (Å²) in [5.41, 5.74) is 1.04. The number of hydrogen-bond donors (Lipinski definition) is 0. The third-order valence-corrected chi connectivity index (χ3v) is 1.52. The molecule has 0 fully saturated rings. The molecule has 0 aromatic rings. The van der Waals surface area contributed by atoms with Gasteiger partial charge in [-0.1, -0.05) is 12.7 Å². The monoisotopic (exact) mass is 164 g/mol. The first-order chi connectivity index (χ1) is 5.74. The zero-order valence-corrected chi connectivity index (χ0v) is 7.33. The highest BCUT2D eigenvalue weighted by Gasteiger charge is 2.04. The van der Waals surface area contributed by atoms with Gasteiger partial charge in [-0.15, -0.1) is 0 Å². The molecule has 0 bridgehead atoms. The Kier molecular flexibility index (Phi) is 2.75. The van der Waals surface area contributed by atoms with Crippen molar-refractivity contribution in [2.24, 2.45) is 0 Å². The Morgan fingerprint density at radius 1 is 1.42 bits per heavy atom. The van der Waals surface area contributed by atoms with Crippen molar-refractivity contribution in [1.82, 2.24) is 0 Å². The van der Waals surface area contributed by atoms with E-state index in [1.54, 1.807) is 6.08 Å². The Morgan fingerprint density at radius 2 is 2.08 bits per heavy atom. The van der Waals surface area contributed by atoms with Crippen LogP contribution in [0, 0.1) is 0 Å². The van der Waals surface area contributed by atoms with Gasteiger partial charge in [0.05, 0.1) is 0 Å². The van der Waals surface area contributed by atoms with E-state index in [4.69, 9.17) is 9.47 Å². The highest BCUT2D eigenvalue weighted by atomic mass is 16.5. The largest absolute Gasteiger partial charge is 0.463 e. The SMILES string of the molecule is C=C/C(C)=C\C1=C(C)OC=CO1. The van der Waals surface area contributed by atoms with Gasteiger partial charge in [0.15, 0.2) is 5.76 Å². The van der Waals surface area contributed by atoms with Gasteiger partial charge >= 0.3 is 0 Å². The standard InChI is InChI=1S/C10H12O2/c1-4-8(2)7-10-9(3)11-5-6-12-10/h4-7H,1H2,2-3H3/b8-7-. The lowest BCUT2D eigenvalue weighted by molar-refractivity contribution is 0.238. The highest BCUT2D eigenvalue weighted by Crippen LogP contribution is 2.16. The van der Waals surface area contributed by atoms with Crippen molar-refractivity contribution < 1.29 is 9.47 Å². The molecule has 0 aromatic carbocycles. The maximum atomic E-state index is 5.21. The molecule has 1 aliphatic rings. The van der Waals surface area contributed by atoms with Crippen LogP contribution >= 0.6 is 0 Å². The van der Waals surface area contributed by atoms with Gasteiger partial charge < -0.3 is 9.47 Å². The third kappa shape index (κ3) is 2.02. The van der Waals surface area contributed by atoms with Crippen LogP contribution < -0.4 is 0 Å². The lowest BCUT2D eigenvalue weighted by Crippen LogP contribution is -1.95. The van der Waals surface area contributed by atoms with Crippen LogP contribution in [0.15, 0.2) is 48.3 Å². The molecule has 0 unspecified atom stereocenters. The van der Waals surface area contributed by atoms with Gasteiger partial charge in [0.25, 0.3) is 0 Å². The molecule has 2 nitrogen and oxygen atoms in total. The van der Waals surface area contributed by atoms with Gasteiger partial charge in [-0.3, -0.25) is 0 Å². The van der Waals surface area contributed by atoms with Gasteiger partial charge in [-0.2, -0.15) is 0 Å². The normalized spacial score (nSPS) is 17.0. The van der Waals surface area contributed by atoms with E-state index in [9.17, 15) is 0 Å². The fourth-order valence-electron chi connectivity index (χ4n) is 0.773. The van der Waals surface area contributed by atoms with Crippen molar-refractivity contribution in [2.75, 3.05) is 0 Å². The van der Waals surface area contributed by atoms with Crippen LogP contribution in [0.2, 0.25) is 0 Å². The van der Waals surface area contributed by atoms with Crippen molar-refractivity contribution in [3.05, 3.63) is 48.3 Å². The molecule has 0 saturated carbocycles. The van der Waals surface area contributed by atoms with E-state index in [-0.39, 0.29) is 0 Å². The summed E-state index contributed by atoms with van der Waals surface area (Å²) in [5, 5.41) is 0.